The quantitative estimate of drug-likeness (QED) is 0.664. The lowest BCUT2D eigenvalue weighted by atomic mass is 9.84. The number of carbonyl (C=O) groups is 2. The van der Waals surface area contributed by atoms with E-state index in [0.717, 1.165) is 0 Å². The van der Waals surface area contributed by atoms with Crippen LogP contribution in [0.15, 0.2) is 12.3 Å². The van der Waals surface area contributed by atoms with Crippen molar-refractivity contribution in [1.29, 1.82) is 0 Å². The second-order valence-corrected chi connectivity index (χ2v) is 3.83. The third-order valence-corrected chi connectivity index (χ3v) is 2.52. The van der Waals surface area contributed by atoms with Gasteiger partial charge in [-0.3, -0.25) is 4.79 Å². The molecule has 0 spiro atoms. The highest BCUT2D eigenvalue weighted by atomic mass is 16.6. The molecule has 0 amide bonds. The molecular weight excluding hydrogens is 196 g/mol. The molecule has 0 aromatic rings. The van der Waals surface area contributed by atoms with Crippen molar-refractivity contribution in [2.45, 2.75) is 32.8 Å². The van der Waals surface area contributed by atoms with Gasteiger partial charge in [-0.05, 0) is 6.92 Å². The molecule has 1 aliphatic rings. The molecule has 0 saturated heterocycles. The van der Waals surface area contributed by atoms with Crippen molar-refractivity contribution < 1.29 is 19.1 Å². The van der Waals surface area contributed by atoms with Crippen molar-refractivity contribution in [2.24, 2.45) is 5.92 Å². The lowest BCUT2D eigenvalue weighted by Crippen LogP contribution is -2.49. The average molecular weight is 212 g/mol. The van der Waals surface area contributed by atoms with Crippen LogP contribution in [0.5, 0.6) is 0 Å². The minimum atomic E-state index is -1.14. The van der Waals surface area contributed by atoms with Crippen LogP contribution < -0.4 is 0 Å². The van der Waals surface area contributed by atoms with Crippen LogP contribution in [0.25, 0.3) is 0 Å². The van der Waals surface area contributed by atoms with Crippen LogP contribution in [0.4, 0.5) is 0 Å². The van der Waals surface area contributed by atoms with Crippen molar-refractivity contribution in [1.82, 2.24) is 0 Å². The van der Waals surface area contributed by atoms with E-state index >= 15 is 0 Å². The van der Waals surface area contributed by atoms with E-state index < -0.39 is 11.6 Å². The highest BCUT2D eigenvalue weighted by molar-refractivity contribution is 5.96. The van der Waals surface area contributed by atoms with Crippen molar-refractivity contribution >= 4 is 11.8 Å². The van der Waals surface area contributed by atoms with Gasteiger partial charge < -0.3 is 9.47 Å². The Balaban J connectivity index is 2.94. The van der Waals surface area contributed by atoms with Crippen molar-refractivity contribution in [3.8, 4) is 0 Å². The maximum Gasteiger partial charge on any atom is 0.351 e. The number of esters is 1. The zero-order valence-electron chi connectivity index (χ0n) is 9.28. The van der Waals surface area contributed by atoms with E-state index in [-0.39, 0.29) is 24.7 Å². The SMILES string of the molecule is CCOC(=O)C1(C(C)C)CC(=O)C=CO1. The summed E-state index contributed by atoms with van der Waals surface area (Å²) >= 11 is 0. The molecule has 0 saturated carbocycles. The summed E-state index contributed by atoms with van der Waals surface area (Å²) in [4.78, 5) is 23.1. The first-order chi connectivity index (χ1) is 7.03. The summed E-state index contributed by atoms with van der Waals surface area (Å²) in [6.07, 6.45) is 2.67. The molecule has 84 valence electrons. The summed E-state index contributed by atoms with van der Waals surface area (Å²) in [6.45, 7) is 5.69. The number of hydrogen-bond acceptors (Lipinski definition) is 4. The van der Waals surface area contributed by atoms with Crippen LogP contribution in [0.3, 0.4) is 0 Å². The number of hydrogen-bond donors (Lipinski definition) is 0. The summed E-state index contributed by atoms with van der Waals surface area (Å²) < 4.78 is 10.3. The van der Waals surface area contributed by atoms with Gasteiger partial charge in [0.1, 0.15) is 0 Å². The molecule has 1 unspecified atom stereocenters. The first kappa shape index (κ1) is 11.8. The molecule has 0 aliphatic carbocycles. The predicted molar refractivity (Wildman–Crippen MR) is 54.1 cm³/mol. The molecule has 0 aromatic carbocycles. The Morgan fingerprint density at radius 1 is 1.67 bits per heavy atom. The molecule has 1 rings (SSSR count). The Hall–Kier alpha value is -1.32. The van der Waals surface area contributed by atoms with Crippen LogP contribution in [-0.2, 0) is 19.1 Å². The molecule has 4 nitrogen and oxygen atoms in total. The fraction of sp³-hybridized carbons (Fsp3) is 0.636. The Morgan fingerprint density at radius 2 is 2.33 bits per heavy atom. The maximum atomic E-state index is 11.8. The number of ether oxygens (including phenoxy) is 2. The normalized spacial score (nSPS) is 25.2. The van der Waals surface area contributed by atoms with Gasteiger partial charge in [0, 0.05) is 12.0 Å². The molecule has 0 bridgehead atoms. The molecule has 1 aliphatic heterocycles. The molecule has 1 heterocycles. The number of ketones is 1. The zero-order chi connectivity index (χ0) is 11.5. The molecule has 4 heteroatoms. The first-order valence-corrected chi connectivity index (χ1v) is 5.07. The van der Waals surface area contributed by atoms with Crippen molar-refractivity contribution in [3.05, 3.63) is 12.3 Å². The summed E-state index contributed by atoms with van der Waals surface area (Å²) in [6, 6.07) is 0. The van der Waals surface area contributed by atoms with Gasteiger partial charge in [0.25, 0.3) is 0 Å². The van der Waals surface area contributed by atoms with Gasteiger partial charge in [0.15, 0.2) is 5.78 Å². The average Bonchev–Trinajstić information content (AvgIpc) is 2.17. The van der Waals surface area contributed by atoms with Gasteiger partial charge in [0.05, 0.1) is 19.3 Å². The minimum Gasteiger partial charge on any atom is -0.482 e. The van der Waals surface area contributed by atoms with E-state index in [4.69, 9.17) is 9.47 Å². The standard InChI is InChI=1S/C11H16O4/c1-4-14-10(13)11(8(2)3)7-9(12)5-6-15-11/h5-6,8H,4,7H2,1-3H3. The van der Waals surface area contributed by atoms with E-state index in [1.165, 1.54) is 12.3 Å². The van der Waals surface area contributed by atoms with E-state index in [1.54, 1.807) is 6.92 Å². The summed E-state index contributed by atoms with van der Waals surface area (Å²) in [7, 11) is 0. The molecule has 0 fully saturated rings. The van der Waals surface area contributed by atoms with Gasteiger partial charge in [-0.2, -0.15) is 0 Å². The fourth-order valence-corrected chi connectivity index (χ4v) is 1.54. The second-order valence-electron chi connectivity index (χ2n) is 3.83. The maximum absolute atomic E-state index is 11.8. The minimum absolute atomic E-state index is 0.0556. The van der Waals surface area contributed by atoms with Gasteiger partial charge in [-0.15, -0.1) is 0 Å². The summed E-state index contributed by atoms with van der Waals surface area (Å²) in [5, 5.41) is 0. The van der Waals surface area contributed by atoms with Crippen LogP contribution in [0.2, 0.25) is 0 Å². The lowest BCUT2D eigenvalue weighted by Gasteiger charge is -2.35. The molecule has 0 radical (unpaired) electrons. The van der Waals surface area contributed by atoms with Gasteiger partial charge in [0.2, 0.25) is 5.60 Å². The number of rotatable bonds is 3. The largest absolute Gasteiger partial charge is 0.482 e. The van der Waals surface area contributed by atoms with E-state index in [0.29, 0.717) is 0 Å². The Bertz CT molecular complexity index is 293. The topological polar surface area (TPSA) is 52.6 Å². The fourth-order valence-electron chi connectivity index (χ4n) is 1.54. The van der Waals surface area contributed by atoms with E-state index in [2.05, 4.69) is 0 Å². The summed E-state index contributed by atoms with van der Waals surface area (Å²) in [5.41, 5.74) is -1.14. The highest BCUT2D eigenvalue weighted by Crippen LogP contribution is 2.31. The van der Waals surface area contributed by atoms with Crippen LogP contribution >= 0.6 is 0 Å². The van der Waals surface area contributed by atoms with Gasteiger partial charge in [-0.1, -0.05) is 13.8 Å². The Kier molecular flexibility index (Phi) is 3.50. The molecule has 0 N–H and O–H groups in total. The smallest absolute Gasteiger partial charge is 0.351 e. The van der Waals surface area contributed by atoms with Crippen LogP contribution in [0.1, 0.15) is 27.2 Å². The molecule has 15 heavy (non-hydrogen) atoms. The van der Waals surface area contributed by atoms with Crippen molar-refractivity contribution in [2.75, 3.05) is 6.61 Å². The second kappa shape index (κ2) is 4.47. The monoisotopic (exact) mass is 212 g/mol. The molecule has 1 atom stereocenters. The van der Waals surface area contributed by atoms with E-state index in [9.17, 15) is 9.59 Å². The zero-order valence-corrected chi connectivity index (χ0v) is 9.28. The molecule has 0 aromatic heterocycles. The predicted octanol–water partition coefficient (Wildman–Crippen LogP) is 1.45. The van der Waals surface area contributed by atoms with Gasteiger partial charge in [-0.25, -0.2) is 4.79 Å². The lowest BCUT2D eigenvalue weighted by molar-refractivity contribution is -0.174. The number of carbonyl (C=O) groups excluding carboxylic acids is 2. The Labute approximate surface area is 89.2 Å². The van der Waals surface area contributed by atoms with Crippen molar-refractivity contribution in [3.63, 3.8) is 0 Å². The number of allylic oxidation sites excluding steroid dienone is 1. The third-order valence-electron chi connectivity index (χ3n) is 2.52. The Morgan fingerprint density at radius 3 is 2.80 bits per heavy atom. The van der Waals surface area contributed by atoms with Crippen LogP contribution in [-0.4, -0.2) is 24.0 Å². The summed E-state index contributed by atoms with van der Waals surface area (Å²) in [5.74, 6) is -0.675. The third kappa shape index (κ3) is 2.19. The molecular formula is C11H16O4. The van der Waals surface area contributed by atoms with E-state index in [1.807, 2.05) is 13.8 Å². The van der Waals surface area contributed by atoms with Gasteiger partial charge >= 0.3 is 5.97 Å². The highest BCUT2D eigenvalue weighted by Gasteiger charge is 2.47. The first-order valence-electron chi connectivity index (χ1n) is 5.07. The van der Waals surface area contributed by atoms with Crippen LogP contribution in [0, 0.1) is 5.92 Å².